The number of furan rings is 1. The highest BCUT2D eigenvalue weighted by atomic mass is 35.5. The van der Waals surface area contributed by atoms with E-state index in [2.05, 4.69) is 16.4 Å². The van der Waals surface area contributed by atoms with Gasteiger partial charge in [0.15, 0.2) is 5.17 Å². The Bertz CT molecular complexity index is 1260. The number of nitrogens with zero attached hydrogens (tertiary/aromatic N) is 1. The van der Waals surface area contributed by atoms with Crippen LogP contribution >= 0.6 is 23.4 Å². The van der Waals surface area contributed by atoms with Gasteiger partial charge in [-0.3, -0.25) is 4.79 Å². The lowest BCUT2D eigenvalue weighted by molar-refractivity contribution is -0.115. The molecule has 8 heteroatoms. The number of rotatable bonds is 4. The first-order valence-corrected chi connectivity index (χ1v) is 10.5. The van der Waals surface area contributed by atoms with Crippen molar-refractivity contribution in [3.8, 4) is 11.3 Å². The van der Waals surface area contributed by atoms with Crippen molar-refractivity contribution in [1.29, 1.82) is 0 Å². The second-order valence-electron chi connectivity index (χ2n) is 7.03. The highest BCUT2D eigenvalue weighted by Gasteiger charge is 2.24. The Labute approximate surface area is 187 Å². The normalized spacial score (nSPS) is 16.2. The van der Waals surface area contributed by atoms with Gasteiger partial charge in [0, 0.05) is 11.6 Å². The number of carbonyl (C=O) groups is 2. The van der Waals surface area contributed by atoms with Crippen LogP contribution in [0.25, 0.3) is 17.4 Å². The molecule has 156 valence electrons. The molecule has 4 rings (SSSR count). The van der Waals surface area contributed by atoms with Crippen molar-refractivity contribution in [3.05, 3.63) is 80.9 Å². The maximum absolute atomic E-state index is 12.3. The molecule has 2 N–H and O–H groups in total. The third kappa shape index (κ3) is 4.73. The smallest absolute Gasteiger partial charge is 0.337 e. The number of thioether (sulfide) groups is 1. The van der Waals surface area contributed by atoms with Crippen LogP contribution in [0.3, 0.4) is 0 Å². The van der Waals surface area contributed by atoms with Gasteiger partial charge in [-0.15, -0.1) is 0 Å². The fraction of sp³-hybridized carbons (Fsp3) is 0.0870. The van der Waals surface area contributed by atoms with Crippen molar-refractivity contribution in [2.24, 2.45) is 4.99 Å². The average molecular weight is 453 g/mol. The predicted octanol–water partition coefficient (Wildman–Crippen LogP) is 5.81. The summed E-state index contributed by atoms with van der Waals surface area (Å²) in [6.07, 6.45) is 1.64. The number of hydrogen-bond acceptors (Lipinski definition) is 5. The van der Waals surface area contributed by atoms with Crippen LogP contribution in [0.5, 0.6) is 0 Å². The van der Waals surface area contributed by atoms with E-state index in [0.717, 1.165) is 16.8 Å². The van der Waals surface area contributed by atoms with Crippen LogP contribution in [0, 0.1) is 13.8 Å². The summed E-state index contributed by atoms with van der Waals surface area (Å²) in [4.78, 5) is 28.4. The molecule has 0 spiro atoms. The van der Waals surface area contributed by atoms with Crippen molar-refractivity contribution in [2.45, 2.75) is 13.8 Å². The Morgan fingerprint density at radius 2 is 1.87 bits per heavy atom. The summed E-state index contributed by atoms with van der Waals surface area (Å²) >= 11 is 7.27. The van der Waals surface area contributed by atoms with E-state index in [-0.39, 0.29) is 16.5 Å². The van der Waals surface area contributed by atoms with Crippen molar-refractivity contribution < 1.29 is 19.1 Å². The van der Waals surface area contributed by atoms with E-state index < -0.39 is 5.97 Å². The SMILES string of the molecule is Cc1cc(C)cc(N=C2NC(=O)C(=Cc3ccc(-c4ccc(C(=O)O)c(Cl)c4)o3)S2)c1. The van der Waals surface area contributed by atoms with Crippen molar-refractivity contribution in [2.75, 3.05) is 0 Å². The summed E-state index contributed by atoms with van der Waals surface area (Å²) in [7, 11) is 0. The monoisotopic (exact) mass is 452 g/mol. The third-order valence-electron chi connectivity index (χ3n) is 4.47. The molecule has 3 aromatic rings. The minimum Gasteiger partial charge on any atom is -0.478 e. The Balaban J connectivity index is 1.55. The Morgan fingerprint density at radius 1 is 1.13 bits per heavy atom. The summed E-state index contributed by atoms with van der Waals surface area (Å²) < 4.78 is 5.80. The molecule has 31 heavy (non-hydrogen) atoms. The number of aryl methyl sites for hydroxylation is 2. The molecule has 1 fully saturated rings. The third-order valence-corrected chi connectivity index (χ3v) is 5.69. The molecule has 0 unspecified atom stereocenters. The molecule has 2 aromatic carbocycles. The molecule has 2 heterocycles. The van der Waals surface area contributed by atoms with Crippen molar-refractivity contribution >= 4 is 52.2 Å². The van der Waals surface area contributed by atoms with Gasteiger partial charge in [0.1, 0.15) is 11.5 Å². The van der Waals surface area contributed by atoms with Gasteiger partial charge in [0.25, 0.3) is 5.91 Å². The summed E-state index contributed by atoms with van der Waals surface area (Å²) in [5.41, 5.74) is 3.64. The number of benzene rings is 2. The van der Waals surface area contributed by atoms with Crippen LogP contribution in [0.1, 0.15) is 27.2 Å². The fourth-order valence-electron chi connectivity index (χ4n) is 3.17. The molecule has 0 aliphatic carbocycles. The van der Waals surface area contributed by atoms with Crippen LogP contribution in [0.4, 0.5) is 5.69 Å². The van der Waals surface area contributed by atoms with E-state index in [9.17, 15) is 9.59 Å². The lowest BCUT2D eigenvalue weighted by Gasteiger charge is -2.01. The zero-order valence-electron chi connectivity index (χ0n) is 16.6. The second-order valence-corrected chi connectivity index (χ2v) is 8.47. The van der Waals surface area contributed by atoms with Gasteiger partial charge in [-0.05, 0) is 73.1 Å². The van der Waals surface area contributed by atoms with E-state index in [4.69, 9.17) is 21.1 Å². The summed E-state index contributed by atoms with van der Waals surface area (Å²) in [5.74, 6) is -0.346. The Morgan fingerprint density at radius 3 is 2.55 bits per heavy atom. The van der Waals surface area contributed by atoms with E-state index in [0.29, 0.717) is 27.2 Å². The number of amides is 1. The average Bonchev–Trinajstić information content (AvgIpc) is 3.27. The van der Waals surface area contributed by atoms with Gasteiger partial charge in [-0.25, -0.2) is 9.79 Å². The first kappa shape index (κ1) is 21.0. The van der Waals surface area contributed by atoms with E-state index >= 15 is 0 Å². The van der Waals surface area contributed by atoms with E-state index in [1.165, 1.54) is 23.9 Å². The quantitative estimate of drug-likeness (QED) is 0.487. The number of aliphatic imine (C=N–C) groups is 1. The molecule has 0 radical (unpaired) electrons. The highest BCUT2D eigenvalue weighted by molar-refractivity contribution is 8.18. The molecular formula is C23H17ClN2O4S. The molecule has 1 aliphatic heterocycles. The van der Waals surface area contributed by atoms with E-state index in [1.54, 1.807) is 24.3 Å². The number of aromatic carboxylic acids is 1. The van der Waals surface area contributed by atoms with Crippen LogP contribution < -0.4 is 5.32 Å². The summed E-state index contributed by atoms with van der Waals surface area (Å²) in [5, 5.41) is 12.5. The lowest BCUT2D eigenvalue weighted by Crippen LogP contribution is -2.19. The first-order chi connectivity index (χ1) is 14.8. The summed E-state index contributed by atoms with van der Waals surface area (Å²) in [6, 6.07) is 14.0. The molecule has 6 nitrogen and oxygen atoms in total. The number of amidine groups is 1. The molecule has 1 aromatic heterocycles. The first-order valence-electron chi connectivity index (χ1n) is 9.29. The van der Waals surface area contributed by atoms with Crippen LogP contribution in [-0.2, 0) is 4.79 Å². The number of carboxylic acid groups (broad SMARTS) is 1. The maximum Gasteiger partial charge on any atom is 0.337 e. The van der Waals surface area contributed by atoms with Gasteiger partial charge in [0.2, 0.25) is 0 Å². The molecular weight excluding hydrogens is 436 g/mol. The van der Waals surface area contributed by atoms with E-state index in [1.807, 2.05) is 26.0 Å². The lowest BCUT2D eigenvalue weighted by atomic mass is 10.1. The number of halogens is 1. The Hall–Kier alpha value is -3.29. The van der Waals surface area contributed by atoms with Gasteiger partial charge in [-0.1, -0.05) is 23.7 Å². The van der Waals surface area contributed by atoms with Gasteiger partial charge < -0.3 is 14.8 Å². The summed E-state index contributed by atoms with van der Waals surface area (Å²) in [6.45, 7) is 4.00. The Kier molecular flexibility index (Phi) is 5.71. The molecule has 0 bridgehead atoms. The molecule has 0 saturated carbocycles. The molecule has 0 atom stereocenters. The zero-order valence-corrected chi connectivity index (χ0v) is 18.2. The number of nitrogens with one attached hydrogen (secondary N) is 1. The van der Waals surface area contributed by atoms with Gasteiger partial charge >= 0.3 is 5.97 Å². The number of carbonyl (C=O) groups excluding carboxylic acids is 1. The largest absolute Gasteiger partial charge is 0.478 e. The van der Waals surface area contributed by atoms with Crippen LogP contribution in [0.2, 0.25) is 5.02 Å². The second kappa shape index (κ2) is 8.45. The topological polar surface area (TPSA) is 91.9 Å². The zero-order chi connectivity index (χ0) is 22.1. The van der Waals surface area contributed by atoms with Gasteiger partial charge in [-0.2, -0.15) is 0 Å². The van der Waals surface area contributed by atoms with Crippen LogP contribution in [-0.4, -0.2) is 22.2 Å². The van der Waals surface area contributed by atoms with Crippen LogP contribution in [0.15, 0.2) is 62.8 Å². The molecule has 1 saturated heterocycles. The molecule has 1 amide bonds. The predicted molar refractivity (Wildman–Crippen MR) is 123 cm³/mol. The van der Waals surface area contributed by atoms with Gasteiger partial charge in [0.05, 0.1) is 21.2 Å². The fourth-order valence-corrected chi connectivity index (χ4v) is 4.25. The standard InChI is InChI=1S/C23H17ClN2O4S/c1-12-7-13(2)9-15(8-12)25-23-26-21(27)20(31-23)11-16-4-6-19(30-16)14-3-5-17(22(28)29)18(24)10-14/h3-11H,1-2H3,(H,28,29)(H,25,26,27). The highest BCUT2D eigenvalue weighted by Crippen LogP contribution is 2.31. The van der Waals surface area contributed by atoms with Crippen molar-refractivity contribution in [3.63, 3.8) is 0 Å². The van der Waals surface area contributed by atoms with Crippen molar-refractivity contribution in [1.82, 2.24) is 5.32 Å². The number of carboxylic acids is 1. The minimum atomic E-state index is -1.09. The minimum absolute atomic E-state index is 0.0222. The maximum atomic E-state index is 12.3. The molecule has 1 aliphatic rings. The number of hydrogen-bond donors (Lipinski definition) is 2.